The molecule has 0 unspecified atom stereocenters. The Hall–Kier alpha value is -0.700. The molecule has 2 saturated heterocycles. The Morgan fingerprint density at radius 3 is 3.08 bits per heavy atom. The maximum absolute atomic E-state index is 12.3. The second-order valence-corrected chi connectivity index (χ2v) is 9.95. The van der Waals surface area contributed by atoms with Crippen molar-refractivity contribution in [3.05, 3.63) is 21.5 Å². The number of rotatable bonds is 5. The molecule has 3 aliphatic rings. The van der Waals surface area contributed by atoms with Gasteiger partial charge in [-0.3, -0.25) is 4.79 Å². The first-order valence-electron chi connectivity index (χ1n) is 8.30. The smallest absolute Gasteiger partial charge is 0.236 e. The minimum atomic E-state index is -0.518. The van der Waals surface area contributed by atoms with Crippen LogP contribution in [0.15, 0.2) is 21.5 Å². The molecule has 4 heterocycles. The zero-order valence-corrected chi connectivity index (χ0v) is 16.2. The van der Waals surface area contributed by atoms with E-state index in [1.54, 1.807) is 23.1 Å². The third-order valence-electron chi connectivity index (χ3n) is 4.91. The number of nitrogens with zero attached hydrogens (tertiary/aromatic N) is 3. The van der Waals surface area contributed by atoms with Crippen LogP contribution in [-0.2, 0) is 4.79 Å². The fraction of sp³-hybridized carbons (Fsp3) is 0.625. The molecule has 4 rings (SSSR count). The van der Waals surface area contributed by atoms with E-state index in [9.17, 15) is 9.90 Å². The molecule has 3 aliphatic heterocycles. The Kier molecular flexibility index (Phi) is 4.57. The third-order valence-corrected chi connectivity index (χ3v) is 8.80. The zero-order valence-electron chi connectivity index (χ0n) is 13.7. The number of hydrogen-bond donors (Lipinski definition) is 1. The predicted octanol–water partition coefficient (Wildman–Crippen LogP) is 2.95. The Balaban J connectivity index is 1.40. The quantitative estimate of drug-likeness (QED) is 0.789. The first kappa shape index (κ1) is 16.8. The number of anilines is 1. The van der Waals surface area contributed by atoms with Crippen molar-refractivity contribution < 1.29 is 9.90 Å². The van der Waals surface area contributed by atoms with Gasteiger partial charge in [-0.25, -0.2) is 4.98 Å². The summed E-state index contributed by atoms with van der Waals surface area (Å²) in [6.45, 7) is 6.03. The van der Waals surface area contributed by atoms with Crippen LogP contribution in [0.5, 0.6) is 0 Å². The number of hydrogen-bond acceptors (Lipinski definition) is 7. The van der Waals surface area contributed by atoms with E-state index < -0.39 is 6.10 Å². The Morgan fingerprint density at radius 1 is 1.54 bits per heavy atom. The highest BCUT2D eigenvalue weighted by atomic mass is 32.2. The SMILES string of the molecule is CC[C@H](O)[C@@H]1C(=O)N2C(C)=C(S[C@H]3CCN(c4nccs4)C3)S[C@H]12. The molecule has 0 bridgehead atoms. The van der Waals surface area contributed by atoms with Crippen LogP contribution in [-0.4, -0.2) is 50.7 Å². The fourth-order valence-corrected chi connectivity index (χ4v) is 7.46. The maximum Gasteiger partial charge on any atom is 0.236 e. The van der Waals surface area contributed by atoms with Gasteiger partial charge in [0.2, 0.25) is 5.91 Å². The van der Waals surface area contributed by atoms with Gasteiger partial charge in [-0.15, -0.1) is 23.1 Å². The number of β-lactam (4-membered cyclic amide) rings is 1. The van der Waals surface area contributed by atoms with Crippen LogP contribution in [0, 0.1) is 5.92 Å². The summed E-state index contributed by atoms with van der Waals surface area (Å²) in [6, 6.07) is 0. The molecule has 130 valence electrons. The predicted molar refractivity (Wildman–Crippen MR) is 101 cm³/mol. The zero-order chi connectivity index (χ0) is 16.8. The van der Waals surface area contributed by atoms with E-state index in [-0.39, 0.29) is 17.2 Å². The third kappa shape index (κ3) is 2.67. The topological polar surface area (TPSA) is 56.7 Å². The minimum Gasteiger partial charge on any atom is -0.392 e. The normalized spacial score (nSPS) is 30.8. The number of thioether (sulfide) groups is 2. The molecule has 1 amide bonds. The van der Waals surface area contributed by atoms with Crippen molar-refractivity contribution in [2.24, 2.45) is 5.92 Å². The van der Waals surface area contributed by atoms with Gasteiger partial charge in [-0.1, -0.05) is 18.7 Å². The molecule has 0 aromatic carbocycles. The summed E-state index contributed by atoms with van der Waals surface area (Å²) in [5.74, 6) is -0.144. The number of carbonyl (C=O) groups excluding carboxylic acids is 1. The molecule has 0 spiro atoms. The van der Waals surface area contributed by atoms with Crippen molar-refractivity contribution in [3.8, 4) is 0 Å². The van der Waals surface area contributed by atoms with E-state index in [1.165, 1.54) is 4.24 Å². The molecular formula is C16H21N3O2S3. The Morgan fingerprint density at radius 2 is 2.38 bits per heavy atom. The molecule has 8 heteroatoms. The van der Waals surface area contributed by atoms with Gasteiger partial charge < -0.3 is 14.9 Å². The van der Waals surface area contributed by atoms with E-state index in [4.69, 9.17) is 0 Å². The van der Waals surface area contributed by atoms with Crippen molar-refractivity contribution in [1.29, 1.82) is 0 Å². The van der Waals surface area contributed by atoms with Gasteiger partial charge in [-0.2, -0.15) is 0 Å². The second-order valence-electron chi connectivity index (χ2n) is 6.38. The number of amides is 1. The fourth-order valence-electron chi connectivity index (χ4n) is 3.51. The lowest BCUT2D eigenvalue weighted by molar-refractivity contribution is -0.153. The molecular weight excluding hydrogens is 362 g/mol. The molecule has 1 aromatic heterocycles. The van der Waals surface area contributed by atoms with E-state index in [0.717, 1.165) is 30.3 Å². The summed E-state index contributed by atoms with van der Waals surface area (Å²) in [5, 5.41) is 13.9. The maximum atomic E-state index is 12.3. The highest BCUT2D eigenvalue weighted by Crippen LogP contribution is 2.55. The monoisotopic (exact) mass is 383 g/mol. The van der Waals surface area contributed by atoms with Crippen LogP contribution < -0.4 is 4.90 Å². The van der Waals surface area contributed by atoms with Crippen LogP contribution in [0.3, 0.4) is 0 Å². The molecule has 1 N–H and O–H groups in total. The van der Waals surface area contributed by atoms with Gasteiger partial charge in [0.25, 0.3) is 0 Å². The van der Waals surface area contributed by atoms with E-state index >= 15 is 0 Å². The van der Waals surface area contributed by atoms with E-state index in [1.807, 2.05) is 42.1 Å². The number of allylic oxidation sites excluding steroid dienone is 1. The average molecular weight is 384 g/mol. The van der Waals surface area contributed by atoms with E-state index in [2.05, 4.69) is 9.88 Å². The first-order valence-corrected chi connectivity index (χ1v) is 10.9. The van der Waals surface area contributed by atoms with Crippen molar-refractivity contribution >= 4 is 45.9 Å². The second kappa shape index (κ2) is 6.55. The number of aliphatic hydroxyl groups is 1. The standard InChI is InChI=1S/C16H21N3O2S3/c1-3-11(20)12-13(21)19-9(2)15(24-14(12)19)23-10-4-6-18(8-10)16-17-5-7-22-16/h5,7,10-12,14,20H,3-4,6,8H2,1-2H3/t10-,11-,12+,14+/m0/s1. The largest absolute Gasteiger partial charge is 0.392 e. The number of carbonyl (C=O) groups is 1. The molecule has 24 heavy (non-hydrogen) atoms. The summed E-state index contributed by atoms with van der Waals surface area (Å²) in [4.78, 5) is 21.0. The van der Waals surface area contributed by atoms with Gasteiger partial charge in [-0.05, 0) is 19.8 Å². The van der Waals surface area contributed by atoms with Gasteiger partial charge in [0.15, 0.2) is 5.13 Å². The van der Waals surface area contributed by atoms with Gasteiger partial charge in [0, 0.05) is 35.6 Å². The van der Waals surface area contributed by atoms with Crippen LogP contribution in [0.2, 0.25) is 0 Å². The van der Waals surface area contributed by atoms with Crippen LogP contribution in [0.4, 0.5) is 5.13 Å². The number of thiazole rings is 1. The summed E-state index contributed by atoms with van der Waals surface area (Å²) in [7, 11) is 0. The molecule has 0 saturated carbocycles. The Bertz CT molecular complexity index is 664. The van der Waals surface area contributed by atoms with Crippen LogP contribution in [0.1, 0.15) is 26.7 Å². The first-order chi connectivity index (χ1) is 11.6. The van der Waals surface area contributed by atoms with Gasteiger partial charge >= 0.3 is 0 Å². The van der Waals surface area contributed by atoms with Crippen LogP contribution >= 0.6 is 34.9 Å². The lowest BCUT2D eigenvalue weighted by Crippen LogP contribution is -2.60. The molecule has 2 fully saturated rings. The summed E-state index contributed by atoms with van der Waals surface area (Å²) in [6.07, 6.45) is 3.11. The highest BCUT2D eigenvalue weighted by molar-refractivity contribution is 8.23. The summed E-state index contributed by atoms with van der Waals surface area (Å²) in [5.41, 5.74) is 1.08. The van der Waals surface area contributed by atoms with E-state index in [0.29, 0.717) is 11.7 Å². The van der Waals surface area contributed by atoms with Crippen molar-refractivity contribution in [2.75, 3.05) is 18.0 Å². The molecule has 4 atom stereocenters. The summed E-state index contributed by atoms with van der Waals surface area (Å²) < 4.78 is 1.25. The number of fused-ring (bicyclic) bond motifs is 1. The van der Waals surface area contributed by atoms with Gasteiger partial charge in [0.05, 0.1) is 16.3 Å². The number of aromatic nitrogens is 1. The lowest BCUT2D eigenvalue weighted by Gasteiger charge is -2.44. The molecule has 0 radical (unpaired) electrons. The van der Waals surface area contributed by atoms with Crippen LogP contribution in [0.25, 0.3) is 0 Å². The molecule has 1 aromatic rings. The average Bonchev–Trinajstić information content (AvgIpc) is 3.28. The van der Waals surface area contributed by atoms with Crippen molar-refractivity contribution in [3.63, 3.8) is 0 Å². The summed E-state index contributed by atoms with van der Waals surface area (Å²) >= 11 is 5.35. The molecule has 5 nitrogen and oxygen atoms in total. The lowest BCUT2D eigenvalue weighted by atomic mass is 9.90. The highest BCUT2D eigenvalue weighted by Gasteiger charge is 2.55. The molecule has 0 aliphatic carbocycles. The van der Waals surface area contributed by atoms with Crippen molar-refractivity contribution in [2.45, 2.75) is 43.4 Å². The number of aliphatic hydroxyl groups excluding tert-OH is 1. The minimum absolute atomic E-state index is 0.0887. The Labute approximate surface area is 154 Å². The van der Waals surface area contributed by atoms with Crippen molar-refractivity contribution in [1.82, 2.24) is 9.88 Å². The van der Waals surface area contributed by atoms with Gasteiger partial charge in [0.1, 0.15) is 5.37 Å².